The highest BCUT2D eigenvalue weighted by Crippen LogP contribution is 2.17. The standard InChI is InChI=1S/C20H34N4O5.HI/c1-20(2,3)29-19(25)24-13-16(17(14-24)27-5)23-18(22-10-12-26-4)21-9-8-15-7-6-11-28-15;/h6-7,11,16-17H,8-10,12-14H2,1-5H3,(H2,21,22,23);1H/t16?,17-;/m0./s1. The second kappa shape index (κ2) is 13.0. The van der Waals surface area contributed by atoms with Crippen LogP contribution in [0.1, 0.15) is 26.5 Å². The molecule has 0 bridgehead atoms. The van der Waals surface area contributed by atoms with Crippen molar-refractivity contribution < 1.29 is 23.4 Å². The lowest BCUT2D eigenvalue weighted by molar-refractivity contribution is 0.0252. The quantitative estimate of drug-likeness (QED) is 0.227. The number of ether oxygens (including phenoxy) is 3. The Morgan fingerprint density at radius 2 is 2.10 bits per heavy atom. The summed E-state index contributed by atoms with van der Waals surface area (Å²) in [4.78, 5) is 18.6. The van der Waals surface area contributed by atoms with Crippen molar-refractivity contribution in [3.05, 3.63) is 24.2 Å². The molecule has 1 aliphatic heterocycles. The van der Waals surface area contributed by atoms with Crippen LogP contribution in [0.4, 0.5) is 4.79 Å². The minimum Gasteiger partial charge on any atom is -0.469 e. The number of hydrogen-bond donors (Lipinski definition) is 2. The lowest BCUT2D eigenvalue weighted by atomic mass is 10.2. The number of hydrogen-bond acceptors (Lipinski definition) is 6. The number of amides is 1. The first-order valence-corrected chi connectivity index (χ1v) is 9.89. The Kier molecular flexibility index (Phi) is 11.5. The lowest BCUT2D eigenvalue weighted by Crippen LogP contribution is -2.49. The number of furan rings is 1. The van der Waals surface area contributed by atoms with E-state index in [9.17, 15) is 4.79 Å². The topological polar surface area (TPSA) is 97.6 Å². The van der Waals surface area contributed by atoms with Gasteiger partial charge in [0.05, 0.1) is 38.1 Å². The van der Waals surface area contributed by atoms with E-state index < -0.39 is 5.60 Å². The van der Waals surface area contributed by atoms with Crippen LogP contribution < -0.4 is 10.6 Å². The molecule has 1 aliphatic rings. The second-order valence-corrected chi connectivity index (χ2v) is 7.89. The fraction of sp³-hybridized carbons (Fsp3) is 0.700. The van der Waals surface area contributed by atoms with Crippen molar-refractivity contribution in [2.75, 3.05) is 47.0 Å². The van der Waals surface area contributed by atoms with Gasteiger partial charge in [-0.25, -0.2) is 4.79 Å². The normalized spacial score (nSPS) is 19.4. The number of nitrogens with zero attached hydrogens (tertiary/aromatic N) is 2. The molecule has 0 aromatic carbocycles. The number of carbonyl (C=O) groups excluding carboxylic acids is 1. The van der Waals surface area contributed by atoms with Crippen molar-refractivity contribution in [1.82, 2.24) is 15.5 Å². The molecule has 2 rings (SSSR count). The van der Waals surface area contributed by atoms with Gasteiger partial charge in [-0.2, -0.15) is 0 Å². The molecule has 1 unspecified atom stereocenters. The Bertz CT molecular complexity index is 648. The van der Waals surface area contributed by atoms with Crippen LogP contribution in [-0.2, 0) is 20.6 Å². The molecule has 1 saturated heterocycles. The van der Waals surface area contributed by atoms with Crippen LogP contribution in [0.5, 0.6) is 0 Å². The van der Waals surface area contributed by atoms with Gasteiger partial charge in [0.25, 0.3) is 0 Å². The van der Waals surface area contributed by atoms with Crippen LogP contribution >= 0.6 is 24.0 Å². The van der Waals surface area contributed by atoms with Gasteiger partial charge in [-0.1, -0.05) is 0 Å². The van der Waals surface area contributed by atoms with Gasteiger partial charge in [0.1, 0.15) is 11.4 Å². The smallest absolute Gasteiger partial charge is 0.410 e. The van der Waals surface area contributed by atoms with E-state index in [-0.39, 0.29) is 42.2 Å². The van der Waals surface area contributed by atoms with Crippen molar-refractivity contribution >= 4 is 36.0 Å². The molecule has 2 N–H and O–H groups in total. The molecule has 1 amide bonds. The zero-order chi connectivity index (χ0) is 21.3. The molecule has 2 atom stereocenters. The van der Waals surface area contributed by atoms with Crippen molar-refractivity contribution in [2.45, 2.75) is 44.9 Å². The molecule has 0 aliphatic carbocycles. The molecule has 172 valence electrons. The predicted octanol–water partition coefficient (Wildman–Crippen LogP) is 2.26. The third-order valence-corrected chi connectivity index (χ3v) is 4.35. The van der Waals surface area contributed by atoms with Gasteiger partial charge in [-0.15, -0.1) is 24.0 Å². The van der Waals surface area contributed by atoms with Crippen molar-refractivity contribution in [3.63, 3.8) is 0 Å². The lowest BCUT2D eigenvalue weighted by Gasteiger charge is -2.24. The predicted molar refractivity (Wildman–Crippen MR) is 126 cm³/mol. The molecule has 2 heterocycles. The Hall–Kier alpha value is -1.53. The van der Waals surface area contributed by atoms with Gasteiger partial charge in [-0.05, 0) is 32.9 Å². The first-order valence-electron chi connectivity index (χ1n) is 9.89. The van der Waals surface area contributed by atoms with E-state index in [0.717, 1.165) is 12.2 Å². The second-order valence-electron chi connectivity index (χ2n) is 7.89. The summed E-state index contributed by atoms with van der Waals surface area (Å²) in [5.74, 6) is 1.55. The van der Waals surface area contributed by atoms with Gasteiger partial charge in [0, 0.05) is 33.7 Å². The van der Waals surface area contributed by atoms with E-state index in [2.05, 4.69) is 15.6 Å². The average Bonchev–Trinajstić information content (AvgIpc) is 3.30. The van der Waals surface area contributed by atoms with Crippen LogP contribution in [0.2, 0.25) is 0 Å². The van der Waals surface area contributed by atoms with E-state index in [1.807, 2.05) is 32.9 Å². The highest BCUT2D eigenvalue weighted by atomic mass is 127. The maximum atomic E-state index is 12.4. The maximum Gasteiger partial charge on any atom is 0.410 e. The Balaban J connectivity index is 0.00000450. The number of methoxy groups -OCH3 is 2. The summed E-state index contributed by atoms with van der Waals surface area (Å²) in [6, 6.07) is 3.70. The monoisotopic (exact) mass is 538 g/mol. The summed E-state index contributed by atoms with van der Waals surface area (Å²) >= 11 is 0. The molecule has 0 spiro atoms. The highest BCUT2D eigenvalue weighted by Gasteiger charge is 2.37. The maximum absolute atomic E-state index is 12.4. The van der Waals surface area contributed by atoms with Gasteiger partial charge in [0.2, 0.25) is 0 Å². The van der Waals surface area contributed by atoms with E-state index >= 15 is 0 Å². The summed E-state index contributed by atoms with van der Waals surface area (Å²) in [5.41, 5.74) is -0.536. The third-order valence-electron chi connectivity index (χ3n) is 4.35. The summed E-state index contributed by atoms with van der Waals surface area (Å²) in [7, 11) is 3.29. The molecule has 1 fully saturated rings. The number of halogens is 1. The Labute approximate surface area is 195 Å². The van der Waals surface area contributed by atoms with E-state index in [4.69, 9.17) is 18.6 Å². The van der Waals surface area contributed by atoms with E-state index in [1.165, 1.54) is 0 Å². The molecule has 0 saturated carbocycles. The number of aliphatic imine (C=N–C) groups is 1. The minimum absolute atomic E-state index is 0. The van der Waals surface area contributed by atoms with Crippen LogP contribution in [0.25, 0.3) is 0 Å². The zero-order valence-electron chi connectivity index (χ0n) is 18.5. The zero-order valence-corrected chi connectivity index (χ0v) is 20.8. The number of carbonyl (C=O) groups is 1. The highest BCUT2D eigenvalue weighted by molar-refractivity contribution is 14.0. The SMILES string of the molecule is COCCN=C(NCCc1ccco1)NC1CN(C(=O)OC(C)(C)C)C[C@@H]1OC.I. The molecule has 1 aromatic heterocycles. The first kappa shape index (κ1) is 26.5. The molecule has 9 nitrogen and oxygen atoms in total. The van der Waals surface area contributed by atoms with Gasteiger partial charge in [0.15, 0.2) is 5.96 Å². The van der Waals surface area contributed by atoms with Crippen molar-refractivity contribution in [3.8, 4) is 0 Å². The summed E-state index contributed by atoms with van der Waals surface area (Å²) in [6.07, 6.45) is 1.89. The van der Waals surface area contributed by atoms with E-state index in [1.54, 1.807) is 25.4 Å². The number of nitrogens with one attached hydrogen (secondary N) is 2. The van der Waals surface area contributed by atoms with Crippen LogP contribution in [0.15, 0.2) is 27.8 Å². The Morgan fingerprint density at radius 3 is 2.70 bits per heavy atom. The molecular formula is C20H35IN4O5. The van der Waals surface area contributed by atoms with Crippen molar-refractivity contribution in [1.29, 1.82) is 0 Å². The first-order chi connectivity index (χ1) is 13.8. The number of rotatable bonds is 8. The largest absolute Gasteiger partial charge is 0.469 e. The van der Waals surface area contributed by atoms with Gasteiger partial charge in [-0.3, -0.25) is 4.99 Å². The number of likely N-dealkylation sites (tertiary alicyclic amines) is 1. The van der Waals surface area contributed by atoms with Gasteiger partial charge < -0.3 is 34.2 Å². The molecular weight excluding hydrogens is 503 g/mol. The summed E-state index contributed by atoms with van der Waals surface area (Å²) in [5, 5.41) is 6.69. The average molecular weight is 538 g/mol. The number of guanidine groups is 1. The van der Waals surface area contributed by atoms with Crippen LogP contribution in [-0.4, -0.2) is 81.7 Å². The molecule has 30 heavy (non-hydrogen) atoms. The Morgan fingerprint density at radius 1 is 1.33 bits per heavy atom. The fourth-order valence-electron chi connectivity index (χ4n) is 2.96. The minimum atomic E-state index is -0.536. The summed E-state index contributed by atoms with van der Waals surface area (Å²) < 4.78 is 21.5. The third kappa shape index (κ3) is 9.09. The van der Waals surface area contributed by atoms with Crippen molar-refractivity contribution in [2.24, 2.45) is 4.99 Å². The molecule has 1 aromatic rings. The van der Waals surface area contributed by atoms with Gasteiger partial charge >= 0.3 is 6.09 Å². The molecule has 10 heteroatoms. The molecule has 0 radical (unpaired) electrons. The van der Waals surface area contributed by atoms with Crippen LogP contribution in [0.3, 0.4) is 0 Å². The fourth-order valence-corrected chi connectivity index (χ4v) is 2.96. The van der Waals surface area contributed by atoms with E-state index in [0.29, 0.717) is 38.7 Å². The summed E-state index contributed by atoms with van der Waals surface area (Å²) in [6.45, 7) is 8.19. The van der Waals surface area contributed by atoms with Crippen LogP contribution in [0, 0.1) is 0 Å².